The zero-order valence-corrected chi connectivity index (χ0v) is 68.6. The van der Waals surface area contributed by atoms with E-state index in [9.17, 15) is 58.8 Å². The van der Waals surface area contributed by atoms with E-state index in [0.717, 1.165) is 95.9 Å². The molecule has 1 unspecified atom stereocenters. The molecule has 0 aromatic heterocycles. The van der Waals surface area contributed by atoms with Crippen LogP contribution in [-0.2, 0) is 57.3 Å². The molecule has 20 nitrogen and oxygen atoms in total. The number of carboxylic acids is 4. The van der Waals surface area contributed by atoms with Gasteiger partial charge >= 0.3 is 23.9 Å². The molecule has 4 N–H and O–H groups in total. The third-order valence-corrected chi connectivity index (χ3v) is 23.5. The van der Waals surface area contributed by atoms with Crippen molar-refractivity contribution in [2.75, 3.05) is 26.2 Å². The summed E-state index contributed by atoms with van der Waals surface area (Å²) >= 11 is 49.1. The highest BCUT2D eigenvalue weighted by Gasteiger charge is 2.51. The van der Waals surface area contributed by atoms with Crippen molar-refractivity contribution in [3.8, 4) is 0 Å². The summed E-state index contributed by atoms with van der Waals surface area (Å²) in [5.41, 5.74) is 6.79. The normalized spacial score (nSPS) is 24.6. The van der Waals surface area contributed by atoms with Crippen LogP contribution in [-0.4, -0.2) is 138 Å². The van der Waals surface area contributed by atoms with Crippen molar-refractivity contribution in [1.29, 1.82) is 0 Å². The molecule has 8 fully saturated rings. The number of hydrogen-bond donors (Lipinski definition) is 4. The lowest BCUT2D eigenvalue weighted by molar-refractivity contribution is -0.179. The fraction of sp³-hybridized carbons (Fsp3) is 0.364. The van der Waals surface area contributed by atoms with Gasteiger partial charge in [0.15, 0.2) is 0 Å². The monoisotopic (exact) mass is 1730 g/mol. The first-order valence-electron chi connectivity index (χ1n) is 38.4. The van der Waals surface area contributed by atoms with Crippen LogP contribution in [0.1, 0.15) is 170 Å². The Morgan fingerprint density at radius 1 is 0.267 bits per heavy atom. The molecule has 4 heterocycles. The minimum atomic E-state index is -1.07. The second-order valence-corrected chi connectivity index (χ2v) is 34.0. The molecule has 4 saturated carbocycles. The van der Waals surface area contributed by atoms with E-state index in [1.165, 1.54) is 0 Å². The van der Waals surface area contributed by atoms with Gasteiger partial charge in [-0.15, -0.1) is 0 Å². The topological polar surface area (TPSA) is 267 Å². The Labute approximate surface area is 711 Å². The zero-order chi connectivity index (χ0) is 82.2. The summed E-state index contributed by atoms with van der Waals surface area (Å²) in [6.45, 7) is 2.34. The van der Waals surface area contributed by atoms with Gasteiger partial charge < -0.3 is 59.0 Å². The van der Waals surface area contributed by atoms with Crippen LogP contribution < -0.4 is 0 Å². The van der Waals surface area contributed by atoms with Crippen LogP contribution in [0.4, 0.5) is 0 Å². The molecule has 28 heteroatoms. The minimum Gasteiger partial charge on any atom is -0.481 e. The molecule has 0 bridgehead atoms. The number of carbonyl (C=O) groups excluding carboxylic acids is 4. The van der Waals surface area contributed by atoms with Crippen molar-refractivity contribution < 1.29 is 77.7 Å². The maximum atomic E-state index is 13.2. The molecule has 8 aromatic rings. The van der Waals surface area contributed by atoms with E-state index < -0.39 is 72.7 Å². The lowest BCUT2D eigenvalue weighted by atomic mass is 9.91. The number of amides is 4. The van der Waals surface area contributed by atoms with Crippen molar-refractivity contribution in [2.24, 2.45) is 23.7 Å². The summed E-state index contributed by atoms with van der Waals surface area (Å²) < 4.78 is 24.5. The lowest BCUT2D eigenvalue weighted by Gasteiger charge is -2.45. The smallest absolute Gasteiger partial charge is 0.306 e. The Morgan fingerprint density at radius 3 is 0.603 bits per heavy atom. The number of morpholine rings is 4. The van der Waals surface area contributed by atoms with E-state index >= 15 is 0 Å². The van der Waals surface area contributed by atoms with Crippen LogP contribution in [0.2, 0.25) is 40.2 Å². The number of ether oxygens (including phenoxy) is 4. The number of hydrogen-bond acceptors (Lipinski definition) is 12. The standard InChI is InChI=1S/4C22H21Cl2NO4/c4*23-16-8-6-14(7-9-16)20-21(15-2-1-3-17(24)10-15)29-18(11-19(26)27)22(28)25(20)12-13-4-5-13/h4*1-3,6-10,13,18,20-21H,4-5,11-12H2,(H,26,27)/t2*18-,20+,21+;18-,20-,21?;18-,20-,21-/m1001/s1. The van der Waals surface area contributed by atoms with Gasteiger partial charge in [-0.2, -0.15) is 0 Å². The largest absolute Gasteiger partial charge is 0.481 e. The van der Waals surface area contributed by atoms with Gasteiger partial charge in [-0.25, -0.2) is 0 Å². The highest BCUT2D eigenvalue weighted by Crippen LogP contribution is 2.51. The Bertz CT molecular complexity index is 4260. The molecule has 16 rings (SSSR count). The Hall–Kier alpha value is -8.32. The van der Waals surface area contributed by atoms with E-state index in [2.05, 4.69) is 0 Å². The number of rotatable bonds is 24. The number of carbonyl (C=O) groups is 8. The van der Waals surface area contributed by atoms with Crippen molar-refractivity contribution in [2.45, 2.75) is 150 Å². The number of aliphatic carboxylic acids is 4. The van der Waals surface area contributed by atoms with Gasteiger partial charge in [0.1, 0.15) is 48.8 Å². The van der Waals surface area contributed by atoms with E-state index in [-0.39, 0.29) is 73.5 Å². The maximum Gasteiger partial charge on any atom is 0.306 e. The van der Waals surface area contributed by atoms with Crippen LogP contribution in [0.25, 0.3) is 0 Å². The third-order valence-electron chi connectivity index (χ3n) is 21.6. The predicted molar refractivity (Wildman–Crippen MR) is 440 cm³/mol. The summed E-state index contributed by atoms with van der Waals surface area (Å²) in [6.07, 6.45) is 0.857. The first kappa shape index (κ1) is 85.6. The van der Waals surface area contributed by atoms with Crippen LogP contribution in [0.15, 0.2) is 194 Å². The molecule has 4 saturated heterocycles. The zero-order valence-electron chi connectivity index (χ0n) is 62.5. The second kappa shape index (κ2) is 38.6. The first-order chi connectivity index (χ1) is 55.7. The number of benzene rings is 8. The molecule has 4 aliphatic heterocycles. The second-order valence-electron chi connectivity index (χ2n) is 30.5. The Balaban J connectivity index is 0.000000135. The Morgan fingerprint density at radius 2 is 0.448 bits per heavy atom. The van der Waals surface area contributed by atoms with E-state index in [4.69, 9.17) is 112 Å². The minimum absolute atomic E-state index is 0.280. The molecule has 116 heavy (non-hydrogen) atoms. The summed E-state index contributed by atoms with van der Waals surface area (Å²) in [6, 6.07) is 57.0. The molecule has 8 aromatic carbocycles. The quantitative estimate of drug-likeness (QED) is 0.0438. The highest BCUT2D eigenvalue weighted by atomic mass is 35.5. The SMILES string of the molecule is O=C(O)C[C@@H]1OC(c2cccc(Cl)c2)[C@H](c2ccc(Cl)cc2)N(CC2CC2)C1=O.O=C(O)C[C@@H]1O[C@H](c2cccc(Cl)c2)[C@@H](c2ccc(Cl)cc2)N(CC2CC2)C1=O.O=C(O)C[C@H]1O[C@@H](c2cccc(Cl)c2)[C@H](c2ccc(Cl)cc2)N(CC2CC2)C1=O.O=C(O)C[C@H]1O[C@H](c2cccc(Cl)c2)[C@@H](c2ccc(Cl)cc2)N(CC2CC2)C1=O. The van der Waals surface area contributed by atoms with Gasteiger partial charge in [-0.1, -0.05) is 190 Å². The highest BCUT2D eigenvalue weighted by molar-refractivity contribution is 6.32. The van der Waals surface area contributed by atoms with Gasteiger partial charge in [-0.3, -0.25) is 38.4 Å². The number of nitrogens with zero attached hydrogens (tertiary/aromatic N) is 4. The fourth-order valence-corrected chi connectivity index (χ4v) is 16.6. The number of halogens is 8. The van der Waals surface area contributed by atoms with Crippen LogP contribution in [0, 0.1) is 23.7 Å². The predicted octanol–water partition coefficient (Wildman–Crippen LogP) is 19.6. The average molecular weight is 1740 g/mol. The molecule has 4 amide bonds. The molecular formula is C88H84Cl8N4O16. The molecule has 4 aliphatic carbocycles. The number of carboxylic acid groups (broad SMARTS) is 4. The van der Waals surface area contributed by atoms with Crippen LogP contribution in [0.5, 0.6) is 0 Å². The van der Waals surface area contributed by atoms with Crippen molar-refractivity contribution in [1.82, 2.24) is 19.6 Å². The maximum absolute atomic E-state index is 13.2. The van der Waals surface area contributed by atoms with E-state index in [1.807, 2.05) is 97.1 Å². The molecule has 0 spiro atoms. The van der Waals surface area contributed by atoms with Crippen molar-refractivity contribution in [3.63, 3.8) is 0 Å². The van der Waals surface area contributed by atoms with Gasteiger partial charge in [0.2, 0.25) is 0 Å². The van der Waals surface area contributed by atoms with Crippen LogP contribution >= 0.6 is 92.8 Å². The van der Waals surface area contributed by atoms with E-state index in [0.29, 0.717) is 90.0 Å². The van der Waals surface area contributed by atoms with Gasteiger partial charge in [0.25, 0.3) is 23.6 Å². The van der Waals surface area contributed by atoms with E-state index in [1.54, 1.807) is 117 Å². The fourth-order valence-electron chi connectivity index (χ4n) is 15.3. The molecule has 0 radical (unpaired) electrons. The van der Waals surface area contributed by atoms with Gasteiger partial charge in [-0.05, 0) is 217 Å². The summed E-state index contributed by atoms with van der Waals surface area (Å²) in [7, 11) is 0. The third kappa shape index (κ3) is 22.3. The van der Waals surface area contributed by atoms with Gasteiger partial charge in [0.05, 0.1) is 49.9 Å². The van der Waals surface area contributed by atoms with Crippen LogP contribution in [0.3, 0.4) is 0 Å². The Kier molecular flexibility index (Phi) is 28.5. The average Bonchev–Trinajstić information content (AvgIpc) is 1.78. The molecule has 12 atom stereocenters. The van der Waals surface area contributed by atoms with Gasteiger partial charge in [0, 0.05) is 66.4 Å². The lowest BCUT2D eigenvalue weighted by Crippen LogP contribution is -2.52. The molecule has 8 aliphatic rings. The summed E-state index contributed by atoms with van der Waals surface area (Å²) in [4.78, 5) is 105. The summed E-state index contributed by atoms with van der Waals surface area (Å²) in [5.74, 6) is -3.61. The van der Waals surface area contributed by atoms with Crippen molar-refractivity contribution in [3.05, 3.63) is 279 Å². The van der Waals surface area contributed by atoms with Crippen molar-refractivity contribution >= 4 is 140 Å². The summed E-state index contributed by atoms with van der Waals surface area (Å²) in [5, 5.41) is 41.8. The molecule has 608 valence electrons. The first-order valence-corrected chi connectivity index (χ1v) is 41.5. The molecular weight excluding hydrogens is 1650 g/mol.